The Labute approximate surface area is 181 Å². The van der Waals surface area contributed by atoms with Gasteiger partial charge in [0.2, 0.25) is 0 Å². The van der Waals surface area contributed by atoms with E-state index in [2.05, 4.69) is 25.5 Å². The topological polar surface area (TPSA) is 89.1 Å². The number of nitrogens with zero attached hydrogens (tertiary/aromatic N) is 4. The first-order valence-electron chi connectivity index (χ1n) is 9.26. The SMILES string of the molecule is CC1SC(N)=N[C@](CF)(c2cc(Nc3nncc4cc(Cl)cnc34)ccc2F)[C@@H]1C. The molecule has 30 heavy (non-hydrogen) atoms. The number of amidine groups is 1. The van der Waals surface area contributed by atoms with Gasteiger partial charge in [0, 0.05) is 34.0 Å². The van der Waals surface area contributed by atoms with E-state index in [1.54, 1.807) is 24.4 Å². The molecule has 3 atom stereocenters. The maximum absolute atomic E-state index is 14.9. The van der Waals surface area contributed by atoms with Crippen molar-refractivity contribution in [1.29, 1.82) is 0 Å². The smallest absolute Gasteiger partial charge is 0.179 e. The van der Waals surface area contributed by atoms with E-state index in [-0.39, 0.29) is 21.9 Å². The number of hydrogen-bond acceptors (Lipinski definition) is 7. The van der Waals surface area contributed by atoms with Crippen molar-refractivity contribution < 1.29 is 8.78 Å². The van der Waals surface area contributed by atoms with Crippen molar-refractivity contribution in [2.24, 2.45) is 16.6 Å². The lowest BCUT2D eigenvalue weighted by Crippen LogP contribution is -2.44. The summed E-state index contributed by atoms with van der Waals surface area (Å²) in [5, 5.41) is 12.5. The van der Waals surface area contributed by atoms with Gasteiger partial charge in [0.25, 0.3) is 0 Å². The third kappa shape index (κ3) is 3.56. The van der Waals surface area contributed by atoms with Crippen molar-refractivity contribution in [2.45, 2.75) is 24.6 Å². The number of thioether (sulfide) groups is 1. The van der Waals surface area contributed by atoms with Crippen LogP contribution in [0, 0.1) is 11.7 Å². The van der Waals surface area contributed by atoms with Crippen molar-refractivity contribution >= 4 is 50.9 Å². The Balaban J connectivity index is 1.79. The molecule has 1 aliphatic rings. The summed E-state index contributed by atoms with van der Waals surface area (Å²) in [7, 11) is 0. The molecule has 1 unspecified atom stereocenters. The number of aliphatic imine (C=N–C) groups is 1. The van der Waals surface area contributed by atoms with Crippen LogP contribution in [0.15, 0.2) is 41.7 Å². The van der Waals surface area contributed by atoms with Gasteiger partial charge >= 0.3 is 0 Å². The Hall–Kier alpha value is -2.52. The van der Waals surface area contributed by atoms with Gasteiger partial charge in [0.15, 0.2) is 11.0 Å². The number of anilines is 2. The fourth-order valence-corrected chi connectivity index (χ4v) is 4.83. The molecule has 0 radical (unpaired) electrons. The van der Waals surface area contributed by atoms with Gasteiger partial charge in [-0.15, -0.1) is 5.10 Å². The van der Waals surface area contributed by atoms with Crippen molar-refractivity contribution in [3.8, 4) is 0 Å². The normalized spacial score (nSPS) is 24.0. The molecule has 4 rings (SSSR count). The maximum atomic E-state index is 14.9. The van der Waals surface area contributed by atoms with Gasteiger partial charge in [-0.3, -0.25) is 4.98 Å². The Bertz CT molecular complexity index is 1140. The number of nitrogens with one attached hydrogen (secondary N) is 1. The molecule has 0 aliphatic carbocycles. The summed E-state index contributed by atoms with van der Waals surface area (Å²) in [6, 6.07) is 6.09. The molecule has 156 valence electrons. The zero-order valence-corrected chi connectivity index (χ0v) is 17.8. The molecule has 0 saturated carbocycles. The molecule has 0 saturated heterocycles. The molecule has 3 aromatic rings. The summed E-state index contributed by atoms with van der Waals surface area (Å²) in [6.45, 7) is 2.93. The van der Waals surface area contributed by atoms with Gasteiger partial charge in [-0.1, -0.05) is 37.2 Å². The highest BCUT2D eigenvalue weighted by molar-refractivity contribution is 8.14. The number of hydrogen-bond donors (Lipinski definition) is 2. The van der Waals surface area contributed by atoms with Crippen LogP contribution in [0.3, 0.4) is 0 Å². The van der Waals surface area contributed by atoms with Gasteiger partial charge < -0.3 is 11.1 Å². The first-order valence-corrected chi connectivity index (χ1v) is 10.5. The third-order valence-corrected chi connectivity index (χ3v) is 6.76. The quantitative estimate of drug-likeness (QED) is 0.595. The minimum atomic E-state index is -1.40. The van der Waals surface area contributed by atoms with Gasteiger partial charge in [-0.05, 0) is 24.3 Å². The number of halogens is 3. The van der Waals surface area contributed by atoms with Crippen LogP contribution < -0.4 is 11.1 Å². The van der Waals surface area contributed by atoms with Crippen LogP contribution in [-0.2, 0) is 5.54 Å². The fourth-order valence-electron chi connectivity index (χ4n) is 3.64. The number of alkyl halides is 1. The first kappa shape index (κ1) is 20.7. The Morgan fingerprint density at radius 1 is 1.27 bits per heavy atom. The molecule has 0 spiro atoms. The number of pyridine rings is 1. The average molecular weight is 449 g/mol. The Morgan fingerprint density at radius 3 is 2.83 bits per heavy atom. The van der Waals surface area contributed by atoms with Gasteiger partial charge in [0.1, 0.15) is 23.5 Å². The number of rotatable bonds is 4. The monoisotopic (exact) mass is 448 g/mol. The van der Waals surface area contributed by atoms with E-state index in [1.807, 2.05) is 13.8 Å². The number of nitrogens with two attached hydrogens (primary N) is 1. The van der Waals surface area contributed by atoms with Crippen LogP contribution in [0.2, 0.25) is 5.02 Å². The summed E-state index contributed by atoms with van der Waals surface area (Å²) in [4.78, 5) is 8.66. The molecule has 0 amide bonds. The lowest BCUT2D eigenvalue weighted by molar-refractivity contribution is 0.217. The highest BCUT2D eigenvalue weighted by atomic mass is 35.5. The van der Waals surface area contributed by atoms with Crippen LogP contribution >= 0.6 is 23.4 Å². The largest absolute Gasteiger partial charge is 0.379 e. The second kappa shape index (κ2) is 7.96. The van der Waals surface area contributed by atoms with Crippen molar-refractivity contribution in [3.05, 3.63) is 53.1 Å². The highest BCUT2D eigenvalue weighted by Gasteiger charge is 2.46. The second-order valence-corrected chi connectivity index (χ2v) is 9.06. The summed E-state index contributed by atoms with van der Waals surface area (Å²) in [5.41, 5.74) is 5.74. The zero-order valence-electron chi connectivity index (χ0n) is 16.2. The summed E-state index contributed by atoms with van der Waals surface area (Å²) in [5.74, 6) is -0.444. The van der Waals surface area contributed by atoms with E-state index in [0.717, 1.165) is 0 Å². The van der Waals surface area contributed by atoms with Crippen LogP contribution in [-0.4, -0.2) is 32.3 Å². The van der Waals surface area contributed by atoms with E-state index in [1.165, 1.54) is 24.0 Å². The molecule has 1 aliphatic heterocycles. The average Bonchev–Trinajstić information content (AvgIpc) is 2.72. The first-order chi connectivity index (χ1) is 14.3. The lowest BCUT2D eigenvalue weighted by atomic mass is 9.78. The van der Waals surface area contributed by atoms with Crippen LogP contribution in [0.4, 0.5) is 20.3 Å². The van der Waals surface area contributed by atoms with Crippen LogP contribution in [0.5, 0.6) is 0 Å². The van der Waals surface area contributed by atoms with Gasteiger partial charge in [-0.25, -0.2) is 13.8 Å². The second-order valence-electron chi connectivity index (χ2n) is 7.22. The molecule has 3 N–H and O–H groups in total. The summed E-state index contributed by atoms with van der Waals surface area (Å²) < 4.78 is 29.3. The van der Waals surface area contributed by atoms with E-state index in [4.69, 9.17) is 17.3 Å². The molecule has 3 heterocycles. The van der Waals surface area contributed by atoms with E-state index >= 15 is 0 Å². The zero-order chi connectivity index (χ0) is 21.5. The number of aromatic nitrogens is 3. The molecule has 1 aromatic carbocycles. The maximum Gasteiger partial charge on any atom is 0.179 e. The molecule has 0 bridgehead atoms. The molecular formula is C20H19ClF2N6S. The predicted molar refractivity (Wildman–Crippen MR) is 118 cm³/mol. The highest BCUT2D eigenvalue weighted by Crippen LogP contribution is 2.45. The number of fused-ring (bicyclic) bond motifs is 1. The molecule has 0 fully saturated rings. The van der Waals surface area contributed by atoms with Crippen molar-refractivity contribution in [2.75, 3.05) is 12.0 Å². The number of benzene rings is 1. The predicted octanol–water partition coefficient (Wildman–Crippen LogP) is 4.81. The van der Waals surface area contributed by atoms with E-state index in [9.17, 15) is 8.78 Å². The Kier molecular flexibility index (Phi) is 5.50. The van der Waals surface area contributed by atoms with Crippen LogP contribution in [0.1, 0.15) is 19.4 Å². The van der Waals surface area contributed by atoms with Crippen LogP contribution in [0.25, 0.3) is 10.9 Å². The molecule has 2 aromatic heterocycles. The molecule has 10 heteroatoms. The fraction of sp³-hybridized carbons (Fsp3) is 0.300. The van der Waals surface area contributed by atoms with E-state index in [0.29, 0.717) is 27.4 Å². The Morgan fingerprint density at radius 2 is 2.07 bits per heavy atom. The standard InChI is InChI=1S/C20H19ClF2N6S/c1-10-11(2)30-19(24)28-20(10,9-22)15-6-14(3-4-16(15)23)27-18-17-12(7-26-29-18)5-13(21)8-25-17/h3-8,10-11H,9H2,1-2H3,(H2,24,28)(H,27,29)/t10-,11?,20+/m1/s1. The van der Waals surface area contributed by atoms with Gasteiger partial charge in [0.05, 0.1) is 11.2 Å². The van der Waals surface area contributed by atoms with Crippen molar-refractivity contribution in [1.82, 2.24) is 15.2 Å². The van der Waals surface area contributed by atoms with Crippen molar-refractivity contribution in [3.63, 3.8) is 0 Å². The minimum absolute atomic E-state index is 0.0212. The minimum Gasteiger partial charge on any atom is -0.379 e. The molecule has 6 nitrogen and oxygen atoms in total. The van der Waals surface area contributed by atoms with E-state index < -0.39 is 18.0 Å². The lowest BCUT2D eigenvalue weighted by Gasteiger charge is -2.40. The van der Waals surface area contributed by atoms with Gasteiger partial charge in [-0.2, -0.15) is 5.10 Å². The molecular weight excluding hydrogens is 430 g/mol. The summed E-state index contributed by atoms with van der Waals surface area (Å²) >= 11 is 7.35. The third-order valence-electron chi connectivity index (χ3n) is 5.44. The summed E-state index contributed by atoms with van der Waals surface area (Å²) in [6.07, 6.45) is 3.05.